The number of halogens is 1. The zero-order valence-electron chi connectivity index (χ0n) is 14.2. The molecule has 0 saturated carbocycles. The molecule has 2 rings (SSSR count). The van der Waals surface area contributed by atoms with Crippen LogP contribution in [0.3, 0.4) is 0 Å². The topological polar surface area (TPSA) is 66.5 Å². The molecular weight excluding hydrogens is 393 g/mol. The van der Waals surface area contributed by atoms with E-state index < -0.39 is 0 Å². The fraction of sp³-hybridized carbons (Fsp3) is 0.800. The molecule has 1 aromatic rings. The lowest BCUT2D eigenvalue weighted by atomic mass is 9.97. The predicted octanol–water partition coefficient (Wildman–Crippen LogP) is 2.79. The molecule has 1 aliphatic heterocycles. The van der Waals surface area contributed by atoms with Crippen molar-refractivity contribution in [3.63, 3.8) is 0 Å². The Labute approximate surface area is 150 Å². The Morgan fingerprint density at radius 1 is 1.36 bits per heavy atom. The highest BCUT2D eigenvalue weighted by atomic mass is 127. The van der Waals surface area contributed by atoms with E-state index in [1.54, 1.807) is 0 Å². The standard InChI is InChI=1S/C15H27N5O.HI/c1-11-6-8-20(9-7-11)14(16-5)17-10-12-18-13(21-19-12)15(2,3)4;/h11H,6-10H2,1-5H3,(H,16,17);1H. The highest BCUT2D eigenvalue weighted by Gasteiger charge is 2.22. The Hall–Kier alpha value is -0.860. The van der Waals surface area contributed by atoms with Gasteiger partial charge >= 0.3 is 0 Å². The van der Waals surface area contributed by atoms with Gasteiger partial charge in [0.15, 0.2) is 11.8 Å². The van der Waals surface area contributed by atoms with Gasteiger partial charge in [-0.05, 0) is 18.8 Å². The molecule has 1 aromatic heterocycles. The van der Waals surface area contributed by atoms with Crippen molar-refractivity contribution in [2.75, 3.05) is 20.1 Å². The average molecular weight is 421 g/mol. The van der Waals surface area contributed by atoms with Gasteiger partial charge in [-0.2, -0.15) is 4.98 Å². The van der Waals surface area contributed by atoms with E-state index in [0.717, 1.165) is 25.0 Å². The SMILES string of the molecule is CN=C(NCc1noc(C(C)(C)C)n1)N1CCC(C)CC1.I. The van der Waals surface area contributed by atoms with Gasteiger partial charge in [0.25, 0.3) is 0 Å². The third-order valence-electron chi connectivity index (χ3n) is 3.81. The van der Waals surface area contributed by atoms with E-state index in [1.165, 1.54) is 12.8 Å². The van der Waals surface area contributed by atoms with Gasteiger partial charge in [-0.1, -0.05) is 32.9 Å². The number of aromatic nitrogens is 2. The molecule has 22 heavy (non-hydrogen) atoms. The van der Waals surface area contributed by atoms with Crippen molar-refractivity contribution in [1.29, 1.82) is 0 Å². The quantitative estimate of drug-likeness (QED) is 0.452. The van der Waals surface area contributed by atoms with E-state index in [9.17, 15) is 0 Å². The fourth-order valence-corrected chi connectivity index (χ4v) is 2.34. The van der Waals surface area contributed by atoms with Gasteiger partial charge in [-0.15, -0.1) is 24.0 Å². The van der Waals surface area contributed by atoms with Crippen LogP contribution < -0.4 is 5.32 Å². The Morgan fingerprint density at radius 2 is 2.00 bits per heavy atom. The molecule has 0 spiro atoms. The second kappa shape index (κ2) is 8.12. The zero-order chi connectivity index (χ0) is 15.5. The minimum absolute atomic E-state index is 0. The molecule has 0 aromatic carbocycles. The van der Waals surface area contributed by atoms with Crippen molar-refractivity contribution in [3.05, 3.63) is 11.7 Å². The van der Waals surface area contributed by atoms with E-state index in [4.69, 9.17) is 4.52 Å². The number of hydrogen-bond acceptors (Lipinski definition) is 4. The van der Waals surface area contributed by atoms with Gasteiger partial charge in [0.2, 0.25) is 5.89 Å². The Kier molecular flexibility index (Phi) is 7.08. The first kappa shape index (κ1) is 19.2. The third kappa shape index (κ3) is 5.10. The van der Waals surface area contributed by atoms with Crippen molar-refractivity contribution in [2.45, 2.75) is 52.5 Å². The molecule has 1 fully saturated rings. The average Bonchev–Trinajstić information content (AvgIpc) is 2.90. The van der Waals surface area contributed by atoms with Crippen LogP contribution >= 0.6 is 24.0 Å². The van der Waals surface area contributed by atoms with Gasteiger partial charge in [0.05, 0.1) is 6.54 Å². The number of likely N-dealkylation sites (tertiary alicyclic amines) is 1. The second-order valence-corrected chi connectivity index (χ2v) is 6.84. The molecule has 7 heteroatoms. The maximum Gasteiger partial charge on any atom is 0.232 e. The van der Waals surface area contributed by atoms with Crippen LogP contribution in [0.1, 0.15) is 52.3 Å². The summed E-state index contributed by atoms with van der Waals surface area (Å²) in [6, 6.07) is 0. The number of guanidine groups is 1. The summed E-state index contributed by atoms with van der Waals surface area (Å²) in [4.78, 5) is 11.1. The van der Waals surface area contributed by atoms with Crippen LogP contribution in [-0.4, -0.2) is 41.1 Å². The molecule has 1 saturated heterocycles. The van der Waals surface area contributed by atoms with Crippen molar-refractivity contribution < 1.29 is 4.52 Å². The molecule has 0 radical (unpaired) electrons. The molecule has 0 amide bonds. The number of piperidine rings is 1. The van der Waals surface area contributed by atoms with Crippen LogP contribution in [0, 0.1) is 5.92 Å². The smallest absolute Gasteiger partial charge is 0.232 e. The van der Waals surface area contributed by atoms with Gasteiger partial charge in [-0.25, -0.2) is 0 Å². The summed E-state index contributed by atoms with van der Waals surface area (Å²) in [5, 5.41) is 7.35. The molecule has 2 heterocycles. The van der Waals surface area contributed by atoms with Crippen LogP contribution in [0.15, 0.2) is 9.52 Å². The van der Waals surface area contributed by atoms with Gasteiger partial charge in [0, 0.05) is 25.6 Å². The largest absolute Gasteiger partial charge is 0.349 e. The molecule has 1 N–H and O–H groups in total. The third-order valence-corrected chi connectivity index (χ3v) is 3.81. The van der Waals surface area contributed by atoms with Crippen LogP contribution in [-0.2, 0) is 12.0 Å². The Morgan fingerprint density at radius 3 is 2.50 bits per heavy atom. The lowest BCUT2D eigenvalue weighted by Gasteiger charge is -2.32. The van der Waals surface area contributed by atoms with Crippen LogP contribution in [0.2, 0.25) is 0 Å². The molecule has 0 bridgehead atoms. The van der Waals surface area contributed by atoms with E-state index >= 15 is 0 Å². The fourth-order valence-electron chi connectivity index (χ4n) is 2.34. The number of rotatable bonds is 2. The molecule has 0 atom stereocenters. The molecule has 0 unspecified atom stereocenters. The van der Waals surface area contributed by atoms with Gasteiger partial charge in [-0.3, -0.25) is 4.99 Å². The van der Waals surface area contributed by atoms with E-state index in [-0.39, 0.29) is 29.4 Å². The Balaban J connectivity index is 0.00000242. The molecular formula is C15H28IN5O. The maximum absolute atomic E-state index is 5.30. The molecule has 1 aliphatic rings. The van der Waals surface area contributed by atoms with Crippen molar-refractivity contribution >= 4 is 29.9 Å². The highest BCUT2D eigenvalue weighted by molar-refractivity contribution is 14.0. The van der Waals surface area contributed by atoms with Crippen molar-refractivity contribution in [3.8, 4) is 0 Å². The minimum atomic E-state index is -0.115. The highest BCUT2D eigenvalue weighted by Crippen LogP contribution is 2.19. The monoisotopic (exact) mass is 421 g/mol. The first-order valence-corrected chi connectivity index (χ1v) is 7.69. The van der Waals surface area contributed by atoms with Crippen molar-refractivity contribution in [2.24, 2.45) is 10.9 Å². The summed E-state index contributed by atoms with van der Waals surface area (Å²) in [6.45, 7) is 11.1. The summed E-state index contributed by atoms with van der Waals surface area (Å²) in [6.07, 6.45) is 2.44. The molecule has 0 aliphatic carbocycles. The summed E-state index contributed by atoms with van der Waals surface area (Å²) in [5.74, 6) is 3.07. The lowest BCUT2D eigenvalue weighted by molar-refractivity contribution is 0.273. The normalized spacial score (nSPS) is 17.3. The molecule has 6 nitrogen and oxygen atoms in total. The zero-order valence-corrected chi connectivity index (χ0v) is 16.5. The van der Waals surface area contributed by atoms with Crippen LogP contribution in [0.25, 0.3) is 0 Å². The minimum Gasteiger partial charge on any atom is -0.349 e. The van der Waals surface area contributed by atoms with E-state index in [1.807, 2.05) is 7.05 Å². The Bertz CT molecular complexity index is 486. The number of hydrogen-bond donors (Lipinski definition) is 1. The van der Waals surface area contributed by atoms with Crippen molar-refractivity contribution in [1.82, 2.24) is 20.4 Å². The molecule has 126 valence electrons. The summed E-state index contributed by atoms with van der Waals surface area (Å²) in [7, 11) is 1.82. The number of aliphatic imine (C=N–C) groups is 1. The lowest BCUT2D eigenvalue weighted by Crippen LogP contribution is -2.45. The van der Waals surface area contributed by atoms with Crippen LogP contribution in [0.4, 0.5) is 0 Å². The first-order chi connectivity index (χ1) is 9.90. The summed E-state index contributed by atoms with van der Waals surface area (Å²) < 4.78 is 5.30. The van der Waals surface area contributed by atoms with E-state index in [0.29, 0.717) is 18.3 Å². The first-order valence-electron chi connectivity index (χ1n) is 7.69. The summed E-state index contributed by atoms with van der Waals surface area (Å²) >= 11 is 0. The van der Waals surface area contributed by atoms with Crippen LogP contribution in [0.5, 0.6) is 0 Å². The second-order valence-electron chi connectivity index (χ2n) is 6.84. The number of nitrogens with zero attached hydrogens (tertiary/aromatic N) is 4. The van der Waals surface area contributed by atoms with Gasteiger partial charge < -0.3 is 14.7 Å². The predicted molar refractivity (Wildman–Crippen MR) is 98.6 cm³/mol. The van der Waals surface area contributed by atoms with E-state index in [2.05, 4.69) is 53.0 Å². The maximum atomic E-state index is 5.30. The van der Waals surface area contributed by atoms with Gasteiger partial charge in [0.1, 0.15) is 0 Å². The summed E-state index contributed by atoms with van der Waals surface area (Å²) in [5.41, 5.74) is -0.115. The number of nitrogens with one attached hydrogen (secondary N) is 1.